The number of hydrogen-bond donors (Lipinski definition) is 0. The predicted molar refractivity (Wildman–Crippen MR) is 328 cm³/mol. The highest BCUT2D eigenvalue weighted by atomic mass is 31.2. The lowest BCUT2D eigenvalue weighted by Crippen LogP contribution is -2.37. The lowest BCUT2D eigenvalue weighted by atomic mass is 10.0. The summed E-state index contributed by atoms with van der Waals surface area (Å²) in [6, 6.07) is 0. The van der Waals surface area contributed by atoms with Crippen LogP contribution >= 0.6 is 7.82 Å². The van der Waals surface area contributed by atoms with E-state index in [9.17, 15) is 19.0 Å². The number of esters is 2. The summed E-state index contributed by atoms with van der Waals surface area (Å²) < 4.78 is 34.2. The fourth-order valence-electron chi connectivity index (χ4n) is 9.59. The van der Waals surface area contributed by atoms with Crippen molar-refractivity contribution in [2.45, 2.75) is 322 Å². The molecule has 452 valence electrons. The molecule has 2 atom stereocenters. The Morgan fingerprint density at radius 3 is 1.10 bits per heavy atom. The summed E-state index contributed by atoms with van der Waals surface area (Å²) >= 11 is 0. The Kier molecular flexibility index (Phi) is 57.1. The lowest BCUT2D eigenvalue weighted by Gasteiger charge is -2.28. The smallest absolute Gasteiger partial charge is 0.306 e. The van der Waals surface area contributed by atoms with Crippen molar-refractivity contribution in [3.63, 3.8) is 0 Å². The minimum atomic E-state index is -4.64. The van der Waals surface area contributed by atoms with E-state index in [-0.39, 0.29) is 32.0 Å². The van der Waals surface area contributed by atoms with Gasteiger partial charge in [-0.25, -0.2) is 0 Å². The maximum absolute atomic E-state index is 12.8. The van der Waals surface area contributed by atoms with Crippen molar-refractivity contribution in [2.75, 3.05) is 47.5 Å². The Hall–Kier alpha value is -2.03. The SMILES string of the molecule is CC/C=C\C/C=C\C/C=C\C/C=C\CCCCCCC(=O)OC(COC(=O)CCCCCCCCCCCCCCCCCCCCCCCCCCCCCCCCCCCCCC)COP(=O)([O-])OCC[N+](C)(C)C. The van der Waals surface area contributed by atoms with Gasteiger partial charge in [-0.1, -0.05) is 300 Å². The molecule has 0 fully saturated rings. The fraction of sp³-hybridized carbons (Fsp3) is 0.851. The molecule has 0 amide bonds. The van der Waals surface area contributed by atoms with E-state index >= 15 is 0 Å². The van der Waals surface area contributed by atoms with Gasteiger partial charge in [-0.3, -0.25) is 14.2 Å². The molecule has 0 bridgehead atoms. The first-order valence-corrected chi connectivity index (χ1v) is 34.3. The first kappa shape index (κ1) is 75.0. The van der Waals surface area contributed by atoms with Crippen LogP contribution in [0.4, 0.5) is 0 Å². The van der Waals surface area contributed by atoms with Crippen LogP contribution in [0.2, 0.25) is 0 Å². The number of phosphoric acid groups is 1. The normalized spacial score (nSPS) is 13.5. The molecule has 0 spiro atoms. The zero-order chi connectivity index (χ0) is 56.3. The van der Waals surface area contributed by atoms with Crippen molar-refractivity contribution in [1.82, 2.24) is 0 Å². The quantitative estimate of drug-likeness (QED) is 0.0195. The van der Waals surface area contributed by atoms with E-state index in [1.807, 2.05) is 21.1 Å². The number of unbranched alkanes of at least 4 members (excludes halogenated alkanes) is 39. The summed E-state index contributed by atoms with van der Waals surface area (Å²) in [5.74, 6) is -0.850. The molecule has 9 nitrogen and oxygen atoms in total. The minimum Gasteiger partial charge on any atom is -0.756 e. The summed E-state index contributed by atoms with van der Waals surface area (Å²) in [6.45, 7) is 4.14. The monoisotopic (exact) mass is 1100 g/mol. The fourth-order valence-corrected chi connectivity index (χ4v) is 10.3. The second-order valence-electron chi connectivity index (χ2n) is 23.5. The van der Waals surface area contributed by atoms with Crippen LogP contribution in [0.25, 0.3) is 0 Å². The van der Waals surface area contributed by atoms with Gasteiger partial charge in [-0.2, -0.15) is 0 Å². The Morgan fingerprint density at radius 1 is 0.416 bits per heavy atom. The van der Waals surface area contributed by atoms with E-state index in [4.69, 9.17) is 18.5 Å². The van der Waals surface area contributed by atoms with E-state index in [0.717, 1.165) is 70.6 Å². The van der Waals surface area contributed by atoms with Gasteiger partial charge in [0, 0.05) is 12.8 Å². The van der Waals surface area contributed by atoms with E-state index in [1.165, 1.54) is 212 Å². The van der Waals surface area contributed by atoms with Crippen LogP contribution in [0, 0.1) is 0 Å². The molecular formula is C67H126NO8P. The standard InChI is InChI=1S/C67H126NO8P/c1-6-8-10-12-14-16-18-20-22-24-25-26-27-28-29-30-31-32-33-34-35-36-37-38-39-40-41-42-44-45-47-49-51-53-55-57-59-66(69)73-63-65(64-75-77(71,72)74-62-61-68(3,4)5)76-67(70)60-58-56-54-52-50-48-46-43-23-21-19-17-15-13-11-9-7-2/h9,11,15,17,21,23,46,48,65H,6-8,10,12-14,16,18-20,22,24-45,47,49-64H2,1-5H3/b11-9-,17-15-,23-21-,48-46-. The summed E-state index contributed by atoms with van der Waals surface area (Å²) in [5.41, 5.74) is 0. The number of quaternary nitrogens is 1. The molecule has 0 aromatic carbocycles. The third-order valence-electron chi connectivity index (χ3n) is 14.6. The molecule has 0 radical (unpaired) electrons. The first-order chi connectivity index (χ1) is 37.5. The molecule has 77 heavy (non-hydrogen) atoms. The van der Waals surface area contributed by atoms with Crippen LogP contribution < -0.4 is 4.89 Å². The molecule has 0 saturated carbocycles. The van der Waals surface area contributed by atoms with Crippen molar-refractivity contribution < 1.29 is 42.1 Å². The summed E-state index contributed by atoms with van der Waals surface area (Å²) in [4.78, 5) is 37.9. The predicted octanol–water partition coefficient (Wildman–Crippen LogP) is 20.2. The average Bonchev–Trinajstić information content (AvgIpc) is 3.39. The Bertz CT molecular complexity index is 1440. The summed E-state index contributed by atoms with van der Waals surface area (Å²) in [7, 11) is 1.16. The van der Waals surface area contributed by atoms with Crippen LogP contribution in [0.1, 0.15) is 316 Å². The lowest BCUT2D eigenvalue weighted by molar-refractivity contribution is -0.870. The van der Waals surface area contributed by atoms with Gasteiger partial charge in [0.2, 0.25) is 0 Å². The van der Waals surface area contributed by atoms with Crippen molar-refractivity contribution in [1.29, 1.82) is 0 Å². The van der Waals surface area contributed by atoms with Gasteiger partial charge in [0.25, 0.3) is 7.82 Å². The van der Waals surface area contributed by atoms with Gasteiger partial charge >= 0.3 is 11.9 Å². The van der Waals surface area contributed by atoms with Crippen LogP contribution in [-0.4, -0.2) is 70.0 Å². The Labute approximate surface area is 477 Å². The first-order valence-electron chi connectivity index (χ1n) is 32.8. The largest absolute Gasteiger partial charge is 0.756 e. The molecule has 0 rings (SSSR count). The van der Waals surface area contributed by atoms with Crippen molar-refractivity contribution in [3.05, 3.63) is 48.6 Å². The molecule has 10 heteroatoms. The molecule has 0 heterocycles. The molecule has 0 aliphatic rings. The third kappa shape index (κ3) is 63.0. The van der Waals surface area contributed by atoms with Gasteiger partial charge in [0.05, 0.1) is 27.7 Å². The molecule has 0 aromatic heterocycles. The van der Waals surface area contributed by atoms with Crippen molar-refractivity contribution >= 4 is 19.8 Å². The maximum atomic E-state index is 12.8. The summed E-state index contributed by atoms with van der Waals surface area (Å²) in [5, 5.41) is 0. The van der Waals surface area contributed by atoms with Gasteiger partial charge in [0.15, 0.2) is 6.10 Å². The Morgan fingerprint density at radius 2 is 0.740 bits per heavy atom. The minimum absolute atomic E-state index is 0.0359. The number of ether oxygens (including phenoxy) is 2. The van der Waals surface area contributed by atoms with Crippen molar-refractivity contribution in [2.24, 2.45) is 0 Å². The molecule has 0 aliphatic heterocycles. The van der Waals surface area contributed by atoms with Crippen LogP contribution in [0.5, 0.6) is 0 Å². The van der Waals surface area contributed by atoms with Gasteiger partial charge in [0.1, 0.15) is 19.8 Å². The van der Waals surface area contributed by atoms with Crippen LogP contribution in [0.15, 0.2) is 48.6 Å². The molecule has 0 aromatic rings. The topological polar surface area (TPSA) is 111 Å². The molecular weight excluding hydrogens is 978 g/mol. The highest BCUT2D eigenvalue weighted by Crippen LogP contribution is 2.38. The molecule has 0 N–H and O–H groups in total. The average molecular weight is 1100 g/mol. The maximum Gasteiger partial charge on any atom is 0.306 e. The number of nitrogens with zero attached hydrogens (tertiary/aromatic N) is 1. The number of phosphoric ester groups is 1. The number of carbonyl (C=O) groups excluding carboxylic acids is 2. The van der Waals surface area contributed by atoms with E-state index in [2.05, 4.69) is 62.5 Å². The van der Waals surface area contributed by atoms with Gasteiger partial charge in [-0.05, 0) is 51.4 Å². The highest BCUT2D eigenvalue weighted by molar-refractivity contribution is 7.45. The second kappa shape index (κ2) is 58.6. The van der Waals surface area contributed by atoms with Gasteiger partial charge < -0.3 is 27.9 Å². The number of hydrogen-bond acceptors (Lipinski definition) is 8. The zero-order valence-corrected chi connectivity index (χ0v) is 52.3. The molecule has 0 aliphatic carbocycles. The third-order valence-corrected chi connectivity index (χ3v) is 15.6. The number of likely N-dealkylation sites (N-methyl/N-ethyl adjacent to an activating group) is 1. The van der Waals surface area contributed by atoms with Crippen LogP contribution in [-0.2, 0) is 32.7 Å². The molecule has 0 saturated heterocycles. The number of allylic oxidation sites excluding steroid dienone is 8. The Balaban J connectivity index is 3.93. The summed E-state index contributed by atoms with van der Waals surface area (Å²) in [6.07, 6.45) is 75.0. The van der Waals surface area contributed by atoms with E-state index < -0.39 is 26.5 Å². The molecule has 2 unspecified atom stereocenters. The van der Waals surface area contributed by atoms with Gasteiger partial charge in [-0.15, -0.1) is 0 Å². The zero-order valence-electron chi connectivity index (χ0n) is 51.4. The van der Waals surface area contributed by atoms with Crippen molar-refractivity contribution in [3.8, 4) is 0 Å². The van der Waals surface area contributed by atoms with Crippen LogP contribution in [0.3, 0.4) is 0 Å². The highest BCUT2D eigenvalue weighted by Gasteiger charge is 2.22. The van der Waals surface area contributed by atoms with E-state index in [1.54, 1.807) is 0 Å². The second-order valence-corrected chi connectivity index (χ2v) is 24.9. The number of carbonyl (C=O) groups is 2. The number of rotatable bonds is 61. The van der Waals surface area contributed by atoms with E-state index in [0.29, 0.717) is 17.4 Å².